The zero-order chi connectivity index (χ0) is 18.3. The smallest absolute Gasteiger partial charge is 0.280 e. The number of imidazole rings is 1. The molecular weight excluding hydrogens is 328 g/mol. The van der Waals surface area contributed by atoms with Gasteiger partial charge in [-0.25, -0.2) is 9.67 Å². The van der Waals surface area contributed by atoms with Crippen LogP contribution in [0.25, 0.3) is 16.7 Å². The molecule has 0 fully saturated rings. The van der Waals surface area contributed by atoms with Gasteiger partial charge in [-0.05, 0) is 38.1 Å². The fraction of sp³-hybridized carbons (Fsp3) is 0.158. The van der Waals surface area contributed by atoms with Crippen LogP contribution >= 0.6 is 0 Å². The maximum atomic E-state index is 12.7. The van der Waals surface area contributed by atoms with Crippen LogP contribution < -0.4 is 5.32 Å². The molecule has 2 heterocycles. The van der Waals surface area contributed by atoms with Crippen LogP contribution in [0.3, 0.4) is 0 Å². The van der Waals surface area contributed by atoms with Gasteiger partial charge in [0.05, 0.1) is 22.4 Å². The van der Waals surface area contributed by atoms with Gasteiger partial charge in [0.1, 0.15) is 0 Å². The van der Waals surface area contributed by atoms with E-state index in [1.165, 1.54) is 0 Å². The Morgan fingerprint density at radius 1 is 1.04 bits per heavy atom. The zero-order valence-electron chi connectivity index (χ0n) is 14.8. The van der Waals surface area contributed by atoms with Gasteiger partial charge in [-0.1, -0.05) is 35.0 Å². The van der Waals surface area contributed by atoms with Crippen molar-refractivity contribution in [1.29, 1.82) is 0 Å². The summed E-state index contributed by atoms with van der Waals surface area (Å²) in [4.78, 5) is 17.1. The molecule has 0 bridgehead atoms. The van der Waals surface area contributed by atoms with Crippen LogP contribution in [0.1, 0.15) is 21.7 Å². The third-order valence-electron chi connectivity index (χ3n) is 4.40. The summed E-state index contributed by atoms with van der Waals surface area (Å²) in [6.07, 6.45) is 0. The Kier molecular flexibility index (Phi) is 3.76. The van der Waals surface area contributed by atoms with E-state index in [0.717, 1.165) is 22.3 Å². The average Bonchev–Trinajstić information content (AvgIpc) is 3.17. The number of anilines is 1. The first-order valence-corrected chi connectivity index (χ1v) is 8.27. The summed E-state index contributed by atoms with van der Waals surface area (Å²) in [5.74, 6) is 0.139. The van der Waals surface area contributed by atoms with Gasteiger partial charge in [-0.3, -0.25) is 10.1 Å². The van der Waals surface area contributed by atoms with Crippen molar-refractivity contribution in [2.45, 2.75) is 13.8 Å². The molecule has 0 aliphatic heterocycles. The van der Waals surface area contributed by atoms with Crippen LogP contribution in [0.5, 0.6) is 0 Å². The second kappa shape index (κ2) is 6.11. The van der Waals surface area contributed by atoms with Gasteiger partial charge in [0, 0.05) is 7.05 Å². The number of hydrogen-bond donors (Lipinski definition) is 1. The Labute approximate surface area is 150 Å². The molecule has 26 heavy (non-hydrogen) atoms. The number of hydrogen-bond acceptors (Lipinski definition) is 4. The van der Waals surface area contributed by atoms with Crippen molar-refractivity contribution >= 4 is 22.9 Å². The third-order valence-corrected chi connectivity index (χ3v) is 4.40. The summed E-state index contributed by atoms with van der Waals surface area (Å²) in [6, 6.07) is 15.6. The molecule has 4 aromatic rings. The van der Waals surface area contributed by atoms with Gasteiger partial charge >= 0.3 is 0 Å². The molecule has 2 aromatic heterocycles. The van der Waals surface area contributed by atoms with Crippen molar-refractivity contribution in [2.24, 2.45) is 7.05 Å². The van der Waals surface area contributed by atoms with Crippen LogP contribution in [-0.2, 0) is 7.05 Å². The van der Waals surface area contributed by atoms with Crippen molar-refractivity contribution in [3.63, 3.8) is 0 Å². The number of para-hydroxylation sites is 2. The number of aromatic nitrogens is 5. The predicted molar refractivity (Wildman–Crippen MR) is 99.5 cm³/mol. The van der Waals surface area contributed by atoms with E-state index in [0.29, 0.717) is 11.6 Å². The summed E-state index contributed by atoms with van der Waals surface area (Å²) >= 11 is 0. The van der Waals surface area contributed by atoms with Crippen molar-refractivity contribution < 1.29 is 4.79 Å². The maximum absolute atomic E-state index is 12.7. The first kappa shape index (κ1) is 16.0. The lowest BCUT2D eigenvalue weighted by Gasteiger charge is -2.05. The highest BCUT2D eigenvalue weighted by molar-refractivity contribution is 6.03. The highest BCUT2D eigenvalue weighted by Gasteiger charge is 2.19. The summed E-state index contributed by atoms with van der Waals surface area (Å²) in [6.45, 7) is 3.84. The summed E-state index contributed by atoms with van der Waals surface area (Å²) in [5, 5.41) is 11.0. The lowest BCUT2D eigenvalue weighted by Crippen LogP contribution is -2.17. The molecule has 0 aliphatic carbocycles. The molecular formula is C19H18N6O. The van der Waals surface area contributed by atoms with Crippen LogP contribution in [0.4, 0.5) is 5.95 Å². The number of carbonyl (C=O) groups excluding carboxylic acids is 1. The minimum atomic E-state index is -0.334. The molecule has 0 unspecified atom stereocenters. The predicted octanol–water partition coefficient (Wildman–Crippen LogP) is 3.02. The fourth-order valence-electron chi connectivity index (χ4n) is 2.89. The first-order valence-electron chi connectivity index (χ1n) is 8.27. The van der Waals surface area contributed by atoms with Gasteiger partial charge in [0.25, 0.3) is 5.91 Å². The zero-order valence-corrected chi connectivity index (χ0v) is 14.8. The highest BCUT2D eigenvalue weighted by Crippen LogP contribution is 2.19. The first-order chi connectivity index (χ1) is 12.5. The number of aryl methyl sites for hydroxylation is 2. The molecule has 130 valence electrons. The Balaban J connectivity index is 1.64. The SMILES string of the molecule is Cc1ccc(-n2nnc(C(=O)Nc3nc4ccccc4n3C)c2C)cc1. The summed E-state index contributed by atoms with van der Waals surface area (Å²) in [5.41, 5.74) is 4.74. The number of nitrogens with zero attached hydrogens (tertiary/aromatic N) is 5. The lowest BCUT2D eigenvalue weighted by atomic mass is 10.2. The molecule has 2 aromatic carbocycles. The largest absolute Gasteiger partial charge is 0.313 e. The van der Waals surface area contributed by atoms with E-state index in [-0.39, 0.29) is 11.6 Å². The number of carbonyl (C=O) groups is 1. The van der Waals surface area contributed by atoms with E-state index < -0.39 is 0 Å². The lowest BCUT2D eigenvalue weighted by molar-refractivity contribution is 0.102. The minimum Gasteiger partial charge on any atom is -0.313 e. The molecule has 0 atom stereocenters. The number of fused-ring (bicyclic) bond motifs is 1. The molecule has 0 radical (unpaired) electrons. The van der Waals surface area contributed by atoms with Gasteiger partial charge in [-0.2, -0.15) is 0 Å². The topological polar surface area (TPSA) is 77.6 Å². The fourth-order valence-corrected chi connectivity index (χ4v) is 2.89. The minimum absolute atomic E-state index is 0.276. The highest BCUT2D eigenvalue weighted by atomic mass is 16.2. The Bertz CT molecular complexity index is 1110. The summed E-state index contributed by atoms with van der Waals surface area (Å²) in [7, 11) is 1.86. The van der Waals surface area contributed by atoms with Crippen LogP contribution in [-0.4, -0.2) is 30.5 Å². The molecule has 0 spiro atoms. The third kappa shape index (κ3) is 2.63. The van der Waals surface area contributed by atoms with E-state index in [1.54, 1.807) is 4.68 Å². The Morgan fingerprint density at radius 3 is 2.50 bits per heavy atom. The van der Waals surface area contributed by atoms with Crippen molar-refractivity contribution in [1.82, 2.24) is 24.5 Å². The molecule has 1 N–H and O–H groups in total. The Morgan fingerprint density at radius 2 is 1.77 bits per heavy atom. The molecule has 0 saturated carbocycles. The molecule has 4 rings (SSSR count). The molecule has 1 amide bonds. The maximum Gasteiger partial charge on any atom is 0.280 e. The van der Waals surface area contributed by atoms with E-state index in [9.17, 15) is 4.79 Å². The van der Waals surface area contributed by atoms with Gasteiger partial charge in [0.15, 0.2) is 5.69 Å². The van der Waals surface area contributed by atoms with Crippen LogP contribution in [0, 0.1) is 13.8 Å². The molecule has 0 saturated heterocycles. The van der Waals surface area contributed by atoms with E-state index in [2.05, 4.69) is 20.6 Å². The van der Waals surface area contributed by atoms with Gasteiger partial charge in [-0.15, -0.1) is 5.10 Å². The quantitative estimate of drug-likeness (QED) is 0.618. The molecule has 7 nitrogen and oxygen atoms in total. The second-order valence-corrected chi connectivity index (χ2v) is 6.21. The number of amides is 1. The van der Waals surface area contributed by atoms with Gasteiger partial charge in [0.2, 0.25) is 5.95 Å². The average molecular weight is 346 g/mol. The monoisotopic (exact) mass is 346 g/mol. The molecule has 0 aliphatic rings. The van der Waals surface area contributed by atoms with E-state index in [1.807, 2.05) is 74.0 Å². The van der Waals surface area contributed by atoms with Crippen molar-refractivity contribution in [3.8, 4) is 5.69 Å². The normalized spacial score (nSPS) is 11.0. The number of nitrogens with one attached hydrogen (secondary N) is 1. The van der Waals surface area contributed by atoms with E-state index >= 15 is 0 Å². The number of rotatable bonds is 3. The van der Waals surface area contributed by atoms with Crippen molar-refractivity contribution in [3.05, 3.63) is 65.5 Å². The second-order valence-electron chi connectivity index (χ2n) is 6.21. The van der Waals surface area contributed by atoms with Crippen LogP contribution in [0.2, 0.25) is 0 Å². The number of benzene rings is 2. The molecule has 7 heteroatoms. The van der Waals surface area contributed by atoms with Gasteiger partial charge < -0.3 is 4.57 Å². The van der Waals surface area contributed by atoms with E-state index in [4.69, 9.17) is 0 Å². The Hall–Kier alpha value is -3.48. The van der Waals surface area contributed by atoms with Crippen LogP contribution in [0.15, 0.2) is 48.5 Å². The standard InChI is InChI=1S/C19H18N6O/c1-12-8-10-14(11-9-12)25-13(2)17(22-23-25)18(26)21-19-20-15-6-4-5-7-16(15)24(19)3/h4-11H,1-3H3,(H,20,21,26). The van der Waals surface area contributed by atoms with Crippen molar-refractivity contribution in [2.75, 3.05) is 5.32 Å². The summed E-state index contributed by atoms with van der Waals surface area (Å²) < 4.78 is 3.50.